The molecule has 1 atom stereocenters. The van der Waals surface area contributed by atoms with Crippen molar-refractivity contribution in [3.63, 3.8) is 0 Å². The van der Waals surface area contributed by atoms with E-state index in [0.29, 0.717) is 0 Å². The zero-order chi connectivity index (χ0) is 8.81. The molecular formula is C7H13ClN2O3. The summed E-state index contributed by atoms with van der Waals surface area (Å²) in [5, 5.41) is 6.25. The third kappa shape index (κ3) is 4.82. The van der Waals surface area contributed by atoms with Gasteiger partial charge in [-0.05, 0) is 0 Å². The van der Waals surface area contributed by atoms with E-state index >= 15 is 0 Å². The SMILES string of the molecule is Cl.O=COC(=O)CC1CNCCN1. The maximum atomic E-state index is 10.8. The molecule has 1 unspecified atom stereocenters. The molecule has 0 saturated carbocycles. The minimum Gasteiger partial charge on any atom is -0.395 e. The average molecular weight is 209 g/mol. The molecule has 0 spiro atoms. The molecule has 0 bridgehead atoms. The van der Waals surface area contributed by atoms with Gasteiger partial charge in [0.05, 0.1) is 6.42 Å². The van der Waals surface area contributed by atoms with E-state index in [-0.39, 0.29) is 31.3 Å². The van der Waals surface area contributed by atoms with Crippen molar-refractivity contribution in [1.82, 2.24) is 10.6 Å². The van der Waals surface area contributed by atoms with Crippen molar-refractivity contribution in [3.8, 4) is 0 Å². The van der Waals surface area contributed by atoms with Gasteiger partial charge in [-0.1, -0.05) is 0 Å². The Hall–Kier alpha value is -0.650. The van der Waals surface area contributed by atoms with Crippen LogP contribution in [0.1, 0.15) is 6.42 Å². The van der Waals surface area contributed by atoms with Gasteiger partial charge in [0.2, 0.25) is 0 Å². The molecule has 1 fully saturated rings. The van der Waals surface area contributed by atoms with Gasteiger partial charge in [0.1, 0.15) is 0 Å². The molecule has 0 aromatic heterocycles. The van der Waals surface area contributed by atoms with Gasteiger partial charge in [-0.25, -0.2) is 0 Å². The van der Waals surface area contributed by atoms with Crippen LogP contribution in [0.15, 0.2) is 0 Å². The van der Waals surface area contributed by atoms with Crippen LogP contribution in [0, 0.1) is 0 Å². The fourth-order valence-electron chi connectivity index (χ4n) is 1.16. The largest absolute Gasteiger partial charge is 0.395 e. The van der Waals surface area contributed by atoms with E-state index in [9.17, 15) is 9.59 Å². The van der Waals surface area contributed by atoms with Crippen molar-refractivity contribution in [2.45, 2.75) is 12.5 Å². The van der Waals surface area contributed by atoms with Crippen LogP contribution in [-0.2, 0) is 14.3 Å². The molecule has 5 nitrogen and oxygen atoms in total. The fraction of sp³-hybridized carbons (Fsp3) is 0.714. The second-order valence-electron chi connectivity index (χ2n) is 2.65. The molecule has 0 radical (unpaired) electrons. The van der Waals surface area contributed by atoms with E-state index in [1.807, 2.05) is 0 Å². The highest BCUT2D eigenvalue weighted by molar-refractivity contribution is 5.85. The number of esters is 1. The van der Waals surface area contributed by atoms with Crippen molar-refractivity contribution in [2.75, 3.05) is 19.6 Å². The molecule has 76 valence electrons. The molecular weight excluding hydrogens is 196 g/mol. The van der Waals surface area contributed by atoms with Gasteiger partial charge >= 0.3 is 12.4 Å². The molecule has 13 heavy (non-hydrogen) atoms. The predicted octanol–water partition coefficient (Wildman–Crippen LogP) is -0.941. The Morgan fingerprint density at radius 2 is 2.31 bits per heavy atom. The van der Waals surface area contributed by atoms with E-state index in [2.05, 4.69) is 15.4 Å². The van der Waals surface area contributed by atoms with Crippen molar-refractivity contribution >= 4 is 24.8 Å². The molecule has 1 aliphatic heterocycles. The van der Waals surface area contributed by atoms with Crippen molar-refractivity contribution < 1.29 is 14.3 Å². The van der Waals surface area contributed by atoms with Gasteiger partial charge in [0.25, 0.3) is 0 Å². The number of carbonyl (C=O) groups is 2. The predicted molar refractivity (Wildman–Crippen MR) is 48.7 cm³/mol. The summed E-state index contributed by atoms with van der Waals surface area (Å²) in [5.41, 5.74) is 0. The van der Waals surface area contributed by atoms with Crippen LogP contribution in [0.5, 0.6) is 0 Å². The molecule has 6 heteroatoms. The summed E-state index contributed by atoms with van der Waals surface area (Å²) in [5.74, 6) is -0.480. The first-order chi connectivity index (χ1) is 5.83. The van der Waals surface area contributed by atoms with Crippen molar-refractivity contribution in [1.29, 1.82) is 0 Å². The summed E-state index contributed by atoms with van der Waals surface area (Å²) in [4.78, 5) is 20.6. The minimum absolute atomic E-state index is 0. The molecule has 0 aliphatic carbocycles. The van der Waals surface area contributed by atoms with Crippen molar-refractivity contribution in [2.24, 2.45) is 0 Å². The smallest absolute Gasteiger partial charge is 0.314 e. The Kier molecular flexibility index (Phi) is 6.48. The van der Waals surface area contributed by atoms with E-state index in [1.54, 1.807) is 0 Å². The van der Waals surface area contributed by atoms with Gasteiger partial charge in [0.15, 0.2) is 0 Å². The molecule has 1 saturated heterocycles. The van der Waals surface area contributed by atoms with Gasteiger partial charge < -0.3 is 15.4 Å². The van der Waals surface area contributed by atoms with Crippen LogP contribution in [0.3, 0.4) is 0 Å². The van der Waals surface area contributed by atoms with Gasteiger partial charge in [-0.15, -0.1) is 12.4 Å². The third-order valence-electron chi connectivity index (χ3n) is 1.72. The number of hydrogen-bond acceptors (Lipinski definition) is 5. The van der Waals surface area contributed by atoms with Gasteiger partial charge in [0, 0.05) is 25.7 Å². The first kappa shape index (κ1) is 12.3. The highest BCUT2D eigenvalue weighted by Crippen LogP contribution is 1.95. The van der Waals surface area contributed by atoms with Crippen molar-refractivity contribution in [3.05, 3.63) is 0 Å². The lowest BCUT2D eigenvalue weighted by atomic mass is 10.2. The van der Waals surface area contributed by atoms with E-state index in [4.69, 9.17) is 0 Å². The highest BCUT2D eigenvalue weighted by atomic mass is 35.5. The third-order valence-corrected chi connectivity index (χ3v) is 1.72. The maximum Gasteiger partial charge on any atom is 0.314 e. The zero-order valence-electron chi connectivity index (χ0n) is 7.12. The molecule has 1 heterocycles. The number of halogens is 1. The molecule has 0 aromatic carbocycles. The Balaban J connectivity index is 0.00000144. The summed E-state index contributed by atoms with van der Waals surface area (Å²) in [7, 11) is 0. The number of ether oxygens (including phenoxy) is 1. The quantitative estimate of drug-likeness (QED) is 0.356. The lowest BCUT2D eigenvalue weighted by Crippen LogP contribution is -2.49. The number of piperazine rings is 1. The average Bonchev–Trinajstić information content (AvgIpc) is 2.06. The molecule has 0 aromatic rings. The van der Waals surface area contributed by atoms with Gasteiger partial charge in [-0.3, -0.25) is 9.59 Å². The molecule has 2 N–H and O–H groups in total. The first-order valence-electron chi connectivity index (χ1n) is 3.90. The second kappa shape index (κ2) is 6.82. The monoisotopic (exact) mass is 208 g/mol. The number of nitrogens with one attached hydrogen (secondary N) is 2. The van der Waals surface area contributed by atoms with Gasteiger partial charge in [-0.2, -0.15) is 0 Å². The molecule has 1 aliphatic rings. The summed E-state index contributed by atoms with van der Waals surface area (Å²) in [6.45, 7) is 2.67. The minimum atomic E-state index is -0.480. The Labute approximate surface area is 82.6 Å². The Bertz CT molecular complexity index is 171. The summed E-state index contributed by atoms with van der Waals surface area (Å²) in [6, 6.07) is 0.0891. The standard InChI is InChI=1S/C7H12N2O3.ClH/c10-5-12-7(11)3-6-4-8-1-2-9-6;/h5-6,8-9H,1-4H2;1H. The molecule has 1 rings (SSSR count). The summed E-state index contributed by atoms with van der Waals surface area (Å²) in [6.07, 6.45) is 0.242. The van der Waals surface area contributed by atoms with Crippen LogP contribution in [0.2, 0.25) is 0 Å². The highest BCUT2D eigenvalue weighted by Gasteiger charge is 2.16. The Morgan fingerprint density at radius 3 is 2.85 bits per heavy atom. The lowest BCUT2D eigenvalue weighted by Gasteiger charge is -2.22. The maximum absolute atomic E-state index is 10.8. The number of hydrogen-bond donors (Lipinski definition) is 2. The van der Waals surface area contributed by atoms with E-state index < -0.39 is 5.97 Å². The topological polar surface area (TPSA) is 67.4 Å². The van der Waals surface area contributed by atoms with E-state index in [0.717, 1.165) is 19.6 Å². The van der Waals surface area contributed by atoms with E-state index in [1.165, 1.54) is 0 Å². The summed E-state index contributed by atoms with van der Waals surface area (Å²) < 4.78 is 4.16. The lowest BCUT2D eigenvalue weighted by molar-refractivity contribution is -0.151. The second-order valence-corrected chi connectivity index (χ2v) is 2.65. The fourth-order valence-corrected chi connectivity index (χ4v) is 1.16. The summed E-state index contributed by atoms with van der Waals surface area (Å²) >= 11 is 0. The normalized spacial score (nSPS) is 21.4. The first-order valence-corrected chi connectivity index (χ1v) is 3.90. The Morgan fingerprint density at radius 1 is 1.54 bits per heavy atom. The number of carbonyl (C=O) groups excluding carboxylic acids is 2. The van der Waals surface area contributed by atoms with Crippen LogP contribution < -0.4 is 10.6 Å². The number of rotatable bonds is 3. The van der Waals surface area contributed by atoms with Crippen LogP contribution in [-0.4, -0.2) is 38.1 Å². The van der Waals surface area contributed by atoms with Crippen LogP contribution in [0.25, 0.3) is 0 Å². The van der Waals surface area contributed by atoms with Crippen LogP contribution in [0.4, 0.5) is 0 Å². The van der Waals surface area contributed by atoms with Crippen LogP contribution >= 0.6 is 12.4 Å². The molecule has 0 amide bonds. The zero-order valence-corrected chi connectivity index (χ0v) is 7.93.